The predicted octanol–water partition coefficient (Wildman–Crippen LogP) is 2.05. The minimum absolute atomic E-state index is 0. The molecule has 2 nitrogen and oxygen atoms in total. The number of rotatable bonds is 0. The molecule has 2 rings (SSSR count). The zero-order chi connectivity index (χ0) is 7.07. The highest BCUT2D eigenvalue weighted by Crippen LogP contribution is 2.20. The van der Waals surface area contributed by atoms with Gasteiger partial charge in [0.25, 0.3) is 0 Å². The molecule has 0 amide bonds. The van der Waals surface area contributed by atoms with Crippen molar-refractivity contribution in [2.75, 3.05) is 36.6 Å². The van der Waals surface area contributed by atoms with E-state index in [-0.39, 0.29) is 7.43 Å². The second-order valence-electron chi connectivity index (χ2n) is 1.87. The van der Waals surface area contributed by atoms with E-state index in [1.165, 1.54) is 16.6 Å². The fourth-order valence-electron chi connectivity index (χ4n) is 0.589. The maximum atomic E-state index is 4.72. The molecule has 0 aromatic carbocycles. The van der Waals surface area contributed by atoms with Crippen LogP contribution in [0.25, 0.3) is 0 Å². The van der Waals surface area contributed by atoms with Crippen molar-refractivity contribution in [1.82, 2.24) is 0 Å². The predicted molar refractivity (Wildman–Crippen MR) is 53.3 cm³/mol. The van der Waals surface area contributed by atoms with Gasteiger partial charge in [0.05, 0.1) is 13.2 Å². The lowest BCUT2D eigenvalue weighted by atomic mass is 10.8. The molecule has 2 heterocycles. The first-order valence-electron chi connectivity index (χ1n) is 3.31. The van der Waals surface area contributed by atoms with Gasteiger partial charge in [-0.2, -0.15) is 23.5 Å². The zero-order valence-electron chi connectivity index (χ0n) is 5.88. The first kappa shape index (κ1) is 11.6. The average molecular weight is 196 g/mol. The average Bonchev–Trinajstić information content (AvgIpc) is 2.67. The molecule has 2 fully saturated rings. The van der Waals surface area contributed by atoms with Gasteiger partial charge in [-0.3, -0.25) is 0 Å². The Morgan fingerprint density at radius 1 is 0.909 bits per heavy atom. The third kappa shape index (κ3) is 7.00. The summed E-state index contributed by atoms with van der Waals surface area (Å²) >= 11 is 4.07. The van der Waals surface area contributed by atoms with Crippen LogP contribution in [0.1, 0.15) is 7.43 Å². The number of hydrogen-bond donors (Lipinski definition) is 0. The van der Waals surface area contributed by atoms with Gasteiger partial charge in [0, 0.05) is 16.6 Å². The molecule has 2 saturated heterocycles. The van der Waals surface area contributed by atoms with Crippen molar-refractivity contribution in [3.8, 4) is 0 Å². The molecule has 2 aliphatic heterocycles. The molecule has 0 radical (unpaired) electrons. The lowest BCUT2D eigenvalue weighted by Gasteiger charge is -1.76. The number of hydrogen-bond acceptors (Lipinski definition) is 4. The SMILES string of the molecule is C.C1COCO1.C1CSCS1. The molecule has 0 bridgehead atoms. The fourth-order valence-corrected chi connectivity index (χ4v) is 2.95. The lowest BCUT2D eigenvalue weighted by Crippen LogP contribution is -1.79. The Bertz CT molecular complexity index is 47.6. The summed E-state index contributed by atoms with van der Waals surface area (Å²) in [7, 11) is 0. The van der Waals surface area contributed by atoms with Crippen LogP contribution in [-0.2, 0) is 9.47 Å². The third-order valence-electron chi connectivity index (χ3n) is 1.08. The van der Waals surface area contributed by atoms with Crippen LogP contribution in [-0.4, -0.2) is 36.6 Å². The highest BCUT2D eigenvalue weighted by molar-refractivity contribution is 8.19. The van der Waals surface area contributed by atoms with E-state index < -0.39 is 0 Å². The molecule has 0 atom stereocenters. The van der Waals surface area contributed by atoms with Crippen LogP contribution in [0.5, 0.6) is 0 Å². The van der Waals surface area contributed by atoms with Gasteiger partial charge >= 0.3 is 0 Å². The standard InChI is InChI=1S/C3H6O2.C3H6S2.CH4/c2*1-2-5-3-4-1;/h2*1-3H2;1H4. The van der Waals surface area contributed by atoms with E-state index in [1.54, 1.807) is 0 Å². The molecule has 0 spiro atoms. The van der Waals surface area contributed by atoms with Crippen LogP contribution in [0, 0.1) is 0 Å². The molecule has 0 aromatic rings. The van der Waals surface area contributed by atoms with Gasteiger partial charge in [0.1, 0.15) is 6.79 Å². The molecule has 68 valence electrons. The van der Waals surface area contributed by atoms with Crippen molar-refractivity contribution in [1.29, 1.82) is 0 Å². The molecule has 0 N–H and O–H groups in total. The third-order valence-corrected chi connectivity index (χ3v) is 3.65. The van der Waals surface area contributed by atoms with E-state index in [0.29, 0.717) is 6.79 Å². The lowest BCUT2D eigenvalue weighted by molar-refractivity contribution is 0.0692. The summed E-state index contributed by atoms with van der Waals surface area (Å²) in [6.45, 7) is 2.06. The molecular weight excluding hydrogens is 180 g/mol. The summed E-state index contributed by atoms with van der Waals surface area (Å²) in [5.74, 6) is 2.76. The molecule has 0 saturated carbocycles. The fraction of sp³-hybridized carbons (Fsp3) is 1.00. The van der Waals surface area contributed by atoms with Crippen molar-refractivity contribution in [3.63, 3.8) is 0 Å². The van der Waals surface area contributed by atoms with Gasteiger partial charge in [-0.1, -0.05) is 7.43 Å². The molecule has 11 heavy (non-hydrogen) atoms. The van der Waals surface area contributed by atoms with Crippen LogP contribution in [0.3, 0.4) is 0 Å². The summed E-state index contributed by atoms with van der Waals surface area (Å²) in [5, 5.41) is 1.33. The van der Waals surface area contributed by atoms with Gasteiger partial charge in [-0.05, 0) is 0 Å². The Hall–Kier alpha value is 0.620. The Balaban J connectivity index is 0.000000167. The van der Waals surface area contributed by atoms with Crippen LogP contribution in [0.2, 0.25) is 0 Å². The van der Waals surface area contributed by atoms with Crippen molar-refractivity contribution in [3.05, 3.63) is 0 Å². The van der Waals surface area contributed by atoms with Gasteiger partial charge in [0.2, 0.25) is 0 Å². The quantitative estimate of drug-likeness (QED) is 0.590. The molecule has 0 aromatic heterocycles. The van der Waals surface area contributed by atoms with Gasteiger partial charge in [0.15, 0.2) is 0 Å². The van der Waals surface area contributed by atoms with Crippen molar-refractivity contribution < 1.29 is 9.47 Å². The maximum Gasteiger partial charge on any atom is 0.146 e. The van der Waals surface area contributed by atoms with Crippen LogP contribution in [0.4, 0.5) is 0 Å². The second-order valence-corrected chi connectivity index (χ2v) is 4.44. The normalized spacial score (nSPS) is 21.8. The summed E-state index contributed by atoms with van der Waals surface area (Å²) in [4.78, 5) is 0. The molecule has 2 aliphatic rings. The highest BCUT2D eigenvalue weighted by atomic mass is 32.2. The molecular formula is C7H16O2S2. The topological polar surface area (TPSA) is 18.5 Å². The van der Waals surface area contributed by atoms with Crippen LogP contribution in [0.15, 0.2) is 0 Å². The van der Waals surface area contributed by atoms with Gasteiger partial charge < -0.3 is 9.47 Å². The van der Waals surface area contributed by atoms with E-state index >= 15 is 0 Å². The van der Waals surface area contributed by atoms with Crippen LogP contribution >= 0.6 is 23.5 Å². The largest absolute Gasteiger partial charge is 0.353 e. The number of ether oxygens (including phenoxy) is 2. The summed E-state index contributed by atoms with van der Waals surface area (Å²) in [6, 6.07) is 0. The summed E-state index contributed by atoms with van der Waals surface area (Å²) in [6.07, 6.45) is 0. The van der Waals surface area contributed by atoms with Crippen LogP contribution < -0.4 is 0 Å². The van der Waals surface area contributed by atoms with E-state index in [2.05, 4.69) is 0 Å². The minimum Gasteiger partial charge on any atom is -0.353 e. The van der Waals surface area contributed by atoms with Crippen molar-refractivity contribution in [2.45, 2.75) is 7.43 Å². The number of thioether (sulfide) groups is 2. The smallest absolute Gasteiger partial charge is 0.146 e. The Morgan fingerprint density at radius 3 is 1.64 bits per heavy atom. The van der Waals surface area contributed by atoms with E-state index in [4.69, 9.17) is 9.47 Å². The van der Waals surface area contributed by atoms with Crippen molar-refractivity contribution >= 4 is 23.5 Å². The first-order valence-corrected chi connectivity index (χ1v) is 5.62. The van der Waals surface area contributed by atoms with Gasteiger partial charge in [-0.25, -0.2) is 0 Å². The first-order chi connectivity index (χ1) is 5.00. The molecule has 4 heteroatoms. The minimum atomic E-state index is 0. The monoisotopic (exact) mass is 196 g/mol. The summed E-state index contributed by atoms with van der Waals surface area (Å²) < 4.78 is 9.44. The van der Waals surface area contributed by atoms with Crippen molar-refractivity contribution in [2.24, 2.45) is 0 Å². The van der Waals surface area contributed by atoms with E-state index in [9.17, 15) is 0 Å². The summed E-state index contributed by atoms with van der Waals surface area (Å²) in [5.41, 5.74) is 0. The van der Waals surface area contributed by atoms with Gasteiger partial charge in [-0.15, -0.1) is 0 Å². The van der Waals surface area contributed by atoms with E-state index in [1.807, 2.05) is 23.5 Å². The maximum absolute atomic E-state index is 4.72. The van der Waals surface area contributed by atoms with E-state index in [0.717, 1.165) is 13.2 Å². The molecule has 0 unspecified atom stereocenters. The second kappa shape index (κ2) is 8.71. The zero-order valence-corrected chi connectivity index (χ0v) is 7.51. The Labute approximate surface area is 77.4 Å². The highest BCUT2D eigenvalue weighted by Gasteiger charge is 1.95. The Kier molecular flexibility index (Phi) is 9.21. The Morgan fingerprint density at radius 2 is 1.45 bits per heavy atom. The molecule has 0 aliphatic carbocycles.